The molecule has 0 radical (unpaired) electrons. The summed E-state index contributed by atoms with van der Waals surface area (Å²) in [5, 5.41) is 12.7. The van der Waals surface area contributed by atoms with Gasteiger partial charge in [0.15, 0.2) is 0 Å². The van der Waals surface area contributed by atoms with E-state index in [1.807, 2.05) is 19.1 Å². The number of hydrogen-bond acceptors (Lipinski definition) is 6. The van der Waals surface area contributed by atoms with Crippen LogP contribution in [0.3, 0.4) is 0 Å². The molecule has 1 fully saturated rings. The second kappa shape index (κ2) is 9.06. The molecule has 31 heavy (non-hydrogen) atoms. The SMILES string of the molecule is Cc1nc(-c2cccnc2)sc1C(=O)N1CCCC(C(=O)Nc2cccc(C#N)c2)C1. The molecule has 2 amide bonds. The first-order valence-electron chi connectivity index (χ1n) is 10.0. The minimum absolute atomic E-state index is 0.0888. The predicted octanol–water partition coefficient (Wildman–Crippen LogP) is 3.88. The Morgan fingerprint density at radius 2 is 2.16 bits per heavy atom. The number of aromatic nitrogens is 2. The summed E-state index contributed by atoms with van der Waals surface area (Å²) in [6.45, 7) is 2.81. The van der Waals surface area contributed by atoms with Gasteiger partial charge in [-0.1, -0.05) is 6.07 Å². The van der Waals surface area contributed by atoms with E-state index in [-0.39, 0.29) is 17.7 Å². The molecule has 1 unspecified atom stereocenters. The van der Waals surface area contributed by atoms with Crippen LogP contribution in [0.4, 0.5) is 5.69 Å². The summed E-state index contributed by atoms with van der Waals surface area (Å²) in [7, 11) is 0. The number of aryl methyl sites for hydroxylation is 1. The van der Waals surface area contributed by atoms with Gasteiger partial charge in [-0.05, 0) is 50.1 Å². The van der Waals surface area contributed by atoms with Crippen LogP contribution in [0.2, 0.25) is 0 Å². The van der Waals surface area contributed by atoms with Crippen LogP contribution in [0.15, 0.2) is 48.8 Å². The number of carbonyl (C=O) groups is 2. The number of nitrogens with zero attached hydrogens (tertiary/aromatic N) is 4. The monoisotopic (exact) mass is 431 g/mol. The maximum Gasteiger partial charge on any atom is 0.265 e. The van der Waals surface area contributed by atoms with Crippen LogP contribution < -0.4 is 5.32 Å². The smallest absolute Gasteiger partial charge is 0.265 e. The molecule has 1 aromatic carbocycles. The van der Waals surface area contributed by atoms with E-state index in [4.69, 9.17) is 5.26 Å². The maximum atomic E-state index is 13.2. The summed E-state index contributed by atoms with van der Waals surface area (Å²) in [6.07, 6.45) is 4.91. The number of carbonyl (C=O) groups excluding carboxylic acids is 2. The van der Waals surface area contributed by atoms with Gasteiger partial charge in [0, 0.05) is 36.7 Å². The van der Waals surface area contributed by atoms with Crippen LogP contribution in [0.5, 0.6) is 0 Å². The van der Waals surface area contributed by atoms with E-state index in [1.165, 1.54) is 11.3 Å². The normalized spacial score (nSPS) is 15.9. The van der Waals surface area contributed by atoms with Crippen molar-refractivity contribution in [1.29, 1.82) is 5.26 Å². The first kappa shape index (κ1) is 20.7. The molecule has 1 N–H and O–H groups in total. The van der Waals surface area contributed by atoms with Gasteiger partial charge in [0.05, 0.1) is 23.2 Å². The van der Waals surface area contributed by atoms with Crippen molar-refractivity contribution in [2.24, 2.45) is 5.92 Å². The zero-order valence-electron chi connectivity index (χ0n) is 17.0. The van der Waals surface area contributed by atoms with Gasteiger partial charge < -0.3 is 10.2 Å². The molecule has 1 saturated heterocycles. The number of pyridine rings is 1. The average Bonchev–Trinajstić information content (AvgIpc) is 3.21. The van der Waals surface area contributed by atoms with Crippen molar-refractivity contribution in [2.45, 2.75) is 19.8 Å². The molecule has 7 nitrogen and oxygen atoms in total. The van der Waals surface area contributed by atoms with Gasteiger partial charge in [-0.25, -0.2) is 4.98 Å². The van der Waals surface area contributed by atoms with Crippen LogP contribution in [0.1, 0.15) is 33.8 Å². The Bertz CT molecular complexity index is 1150. The van der Waals surface area contributed by atoms with Gasteiger partial charge in [-0.15, -0.1) is 11.3 Å². The largest absolute Gasteiger partial charge is 0.337 e. The molecule has 0 saturated carbocycles. The fraction of sp³-hybridized carbons (Fsp3) is 0.261. The van der Waals surface area contributed by atoms with E-state index in [0.29, 0.717) is 34.9 Å². The third-order valence-corrected chi connectivity index (χ3v) is 6.43. The van der Waals surface area contributed by atoms with Crippen LogP contribution in [-0.4, -0.2) is 39.8 Å². The lowest BCUT2D eigenvalue weighted by Crippen LogP contribution is -2.43. The molecule has 0 aliphatic carbocycles. The Hall–Kier alpha value is -3.57. The van der Waals surface area contributed by atoms with E-state index >= 15 is 0 Å². The third-order valence-electron chi connectivity index (χ3n) is 5.24. The number of thiazole rings is 1. The van der Waals surface area contributed by atoms with Gasteiger partial charge in [-0.3, -0.25) is 14.6 Å². The number of nitrogens with one attached hydrogen (secondary N) is 1. The zero-order valence-corrected chi connectivity index (χ0v) is 17.9. The molecule has 3 aromatic rings. The lowest BCUT2D eigenvalue weighted by molar-refractivity contribution is -0.121. The van der Waals surface area contributed by atoms with E-state index < -0.39 is 0 Å². The highest BCUT2D eigenvalue weighted by Crippen LogP contribution is 2.29. The minimum atomic E-state index is -0.297. The molecule has 1 aliphatic heterocycles. The van der Waals surface area contributed by atoms with E-state index in [0.717, 1.165) is 23.4 Å². The first-order valence-corrected chi connectivity index (χ1v) is 10.8. The number of hydrogen-bond donors (Lipinski definition) is 1. The van der Waals surface area contributed by atoms with E-state index in [1.54, 1.807) is 41.6 Å². The average molecular weight is 432 g/mol. The van der Waals surface area contributed by atoms with Crippen molar-refractivity contribution in [2.75, 3.05) is 18.4 Å². The summed E-state index contributed by atoms with van der Waals surface area (Å²) in [5.74, 6) is -0.520. The number of amides is 2. The van der Waals surface area contributed by atoms with Crippen molar-refractivity contribution < 1.29 is 9.59 Å². The minimum Gasteiger partial charge on any atom is -0.337 e. The molecular formula is C23H21N5O2S. The van der Waals surface area contributed by atoms with Crippen LogP contribution in [0, 0.1) is 24.2 Å². The highest BCUT2D eigenvalue weighted by atomic mass is 32.1. The molecule has 0 bridgehead atoms. The zero-order chi connectivity index (χ0) is 21.8. The van der Waals surface area contributed by atoms with Crippen molar-refractivity contribution in [3.8, 4) is 16.6 Å². The Morgan fingerprint density at radius 3 is 2.94 bits per heavy atom. The second-order valence-electron chi connectivity index (χ2n) is 7.45. The van der Waals surface area contributed by atoms with Gasteiger partial charge in [0.25, 0.3) is 5.91 Å². The van der Waals surface area contributed by atoms with Crippen molar-refractivity contribution in [3.05, 3.63) is 64.9 Å². The number of benzene rings is 1. The Kier molecular flexibility index (Phi) is 6.05. The predicted molar refractivity (Wildman–Crippen MR) is 118 cm³/mol. The number of anilines is 1. The fourth-order valence-electron chi connectivity index (χ4n) is 3.64. The van der Waals surface area contributed by atoms with Gasteiger partial charge >= 0.3 is 0 Å². The maximum absolute atomic E-state index is 13.2. The molecule has 1 atom stereocenters. The Morgan fingerprint density at radius 1 is 1.29 bits per heavy atom. The molecule has 2 aromatic heterocycles. The van der Waals surface area contributed by atoms with E-state index in [2.05, 4.69) is 21.4 Å². The van der Waals surface area contributed by atoms with Crippen LogP contribution >= 0.6 is 11.3 Å². The van der Waals surface area contributed by atoms with Crippen LogP contribution in [0.25, 0.3) is 10.6 Å². The molecule has 8 heteroatoms. The van der Waals surface area contributed by atoms with Crippen molar-refractivity contribution >= 4 is 28.8 Å². The second-order valence-corrected chi connectivity index (χ2v) is 8.45. The molecular weight excluding hydrogens is 410 g/mol. The van der Waals surface area contributed by atoms with Gasteiger partial charge in [0.2, 0.25) is 5.91 Å². The van der Waals surface area contributed by atoms with Gasteiger partial charge in [0.1, 0.15) is 9.88 Å². The molecule has 1 aliphatic rings. The number of piperidine rings is 1. The quantitative estimate of drug-likeness (QED) is 0.676. The molecule has 156 valence electrons. The fourth-order valence-corrected chi connectivity index (χ4v) is 4.66. The van der Waals surface area contributed by atoms with Crippen molar-refractivity contribution in [1.82, 2.24) is 14.9 Å². The topological polar surface area (TPSA) is 99.0 Å². The number of rotatable bonds is 4. The molecule has 4 rings (SSSR count). The standard InChI is InChI=1S/C23H21N5O2S/c1-15-20(31-22(26-15)17-6-3-9-25-13-17)23(30)28-10-4-7-18(14-28)21(29)27-19-8-2-5-16(11-19)12-24/h2-3,5-6,8-9,11,13,18H,4,7,10,14H2,1H3,(H,27,29). The number of likely N-dealkylation sites (tertiary alicyclic amines) is 1. The Balaban J connectivity index is 1.46. The first-order chi connectivity index (χ1) is 15.0. The van der Waals surface area contributed by atoms with E-state index in [9.17, 15) is 9.59 Å². The molecule has 0 spiro atoms. The summed E-state index contributed by atoms with van der Waals surface area (Å²) in [6, 6.07) is 12.6. The summed E-state index contributed by atoms with van der Waals surface area (Å²) < 4.78 is 0. The van der Waals surface area contributed by atoms with Crippen molar-refractivity contribution in [3.63, 3.8) is 0 Å². The summed E-state index contributed by atoms with van der Waals surface area (Å²) >= 11 is 1.36. The Labute approximate surface area is 184 Å². The van der Waals surface area contributed by atoms with Gasteiger partial charge in [-0.2, -0.15) is 5.26 Å². The lowest BCUT2D eigenvalue weighted by Gasteiger charge is -2.31. The number of nitriles is 1. The molecule has 3 heterocycles. The summed E-state index contributed by atoms with van der Waals surface area (Å²) in [4.78, 5) is 37.0. The highest BCUT2D eigenvalue weighted by Gasteiger charge is 2.30. The van der Waals surface area contributed by atoms with Crippen LogP contribution in [-0.2, 0) is 4.79 Å². The third kappa shape index (κ3) is 4.62. The summed E-state index contributed by atoms with van der Waals surface area (Å²) in [5.41, 5.74) is 2.65. The lowest BCUT2D eigenvalue weighted by atomic mass is 9.96. The highest BCUT2D eigenvalue weighted by molar-refractivity contribution is 7.17.